The van der Waals surface area contributed by atoms with Gasteiger partial charge in [0.1, 0.15) is 12.4 Å². The second kappa shape index (κ2) is 8.01. The molecule has 20 heavy (non-hydrogen) atoms. The van der Waals surface area contributed by atoms with Crippen LogP contribution in [0.4, 0.5) is 0 Å². The number of rotatable bonds is 8. The lowest BCUT2D eigenvalue weighted by Crippen LogP contribution is -2.31. The average Bonchev–Trinajstić information content (AvgIpc) is 2.39. The summed E-state index contributed by atoms with van der Waals surface area (Å²) in [4.78, 5) is 0. The maximum Gasteiger partial charge on any atom is 0.119 e. The van der Waals surface area contributed by atoms with Crippen LogP contribution in [0.2, 0.25) is 0 Å². The molecule has 0 bridgehead atoms. The monoisotopic (exact) mass is 343 g/mol. The summed E-state index contributed by atoms with van der Waals surface area (Å²) in [5, 5.41) is 13.4. The van der Waals surface area contributed by atoms with Gasteiger partial charge in [0.15, 0.2) is 0 Å². The van der Waals surface area contributed by atoms with Gasteiger partial charge in [-0.2, -0.15) is 0 Å². The standard InChI is InChI=1S/C16H26BrNO2/c1-5-16(4,19)11-20-14-6-7-15(17)13(8-14)10-18-9-12(2)3/h6-8,12,18-19H,5,9-11H2,1-4H3. The van der Waals surface area contributed by atoms with Gasteiger partial charge in [-0.3, -0.25) is 0 Å². The molecule has 3 nitrogen and oxygen atoms in total. The Kier molecular flexibility index (Phi) is 7.00. The van der Waals surface area contributed by atoms with E-state index >= 15 is 0 Å². The first-order valence-corrected chi connectivity index (χ1v) is 7.97. The van der Waals surface area contributed by atoms with Gasteiger partial charge < -0.3 is 15.2 Å². The molecule has 0 heterocycles. The summed E-state index contributed by atoms with van der Waals surface area (Å²) in [6.07, 6.45) is 0.673. The third kappa shape index (κ3) is 6.25. The number of aliphatic hydroxyl groups is 1. The molecule has 0 radical (unpaired) electrons. The van der Waals surface area contributed by atoms with Crippen molar-refractivity contribution in [3.63, 3.8) is 0 Å². The fourth-order valence-electron chi connectivity index (χ4n) is 1.61. The second-order valence-electron chi connectivity index (χ2n) is 5.92. The van der Waals surface area contributed by atoms with Gasteiger partial charge in [-0.1, -0.05) is 36.7 Å². The molecule has 0 amide bonds. The van der Waals surface area contributed by atoms with Crippen molar-refractivity contribution in [1.29, 1.82) is 0 Å². The van der Waals surface area contributed by atoms with E-state index in [1.807, 2.05) is 25.1 Å². The molecule has 1 unspecified atom stereocenters. The molecule has 0 aliphatic carbocycles. The molecular formula is C16H26BrNO2. The van der Waals surface area contributed by atoms with Gasteiger partial charge in [0, 0.05) is 11.0 Å². The van der Waals surface area contributed by atoms with Crippen molar-refractivity contribution >= 4 is 15.9 Å². The Balaban J connectivity index is 2.61. The molecule has 0 saturated carbocycles. The predicted molar refractivity (Wildman–Crippen MR) is 87.1 cm³/mol. The molecule has 1 aromatic rings. The predicted octanol–water partition coefficient (Wildman–Crippen LogP) is 3.73. The number of halogens is 1. The summed E-state index contributed by atoms with van der Waals surface area (Å²) in [5.41, 5.74) is 0.391. The highest BCUT2D eigenvalue weighted by atomic mass is 79.9. The van der Waals surface area contributed by atoms with E-state index in [-0.39, 0.29) is 0 Å². The van der Waals surface area contributed by atoms with Crippen LogP contribution in [0.3, 0.4) is 0 Å². The van der Waals surface area contributed by atoms with Crippen molar-refractivity contribution in [3.05, 3.63) is 28.2 Å². The molecule has 0 fully saturated rings. The summed E-state index contributed by atoms with van der Waals surface area (Å²) in [6, 6.07) is 5.92. The average molecular weight is 344 g/mol. The quantitative estimate of drug-likeness (QED) is 0.755. The molecule has 0 aromatic heterocycles. The molecule has 1 atom stereocenters. The SMILES string of the molecule is CCC(C)(O)COc1ccc(Br)c(CNCC(C)C)c1. The zero-order valence-electron chi connectivity index (χ0n) is 12.9. The van der Waals surface area contributed by atoms with E-state index in [0.717, 1.165) is 23.3 Å². The highest BCUT2D eigenvalue weighted by molar-refractivity contribution is 9.10. The van der Waals surface area contributed by atoms with Gasteiger partial charge in [0.25, 0.3) is 0 Å². The molecule has 2 N–H and O–H groups in total. The molecule has 4 heteroatoms. The van der Waals surface area contributed by atoms with Gasteiger partial charge in [0.05, 0.1) is 5.60 Å². The van der Waals surface area contributed by atoms with E-state index < -0.39 is 5.60 Å². The van der Waals surface area contributed by atoms with E-state index in [4.69, 9.17) is 4.74 Å². The zero-order valence-corrected chi connectivity index (χ0v) is 14.5. The molecule has 1 aromatic carbocycles. The third-order valence-electron chi connectivity index (χ3n) is 3.20. The molecular weight excluding hydrogens is 318 g/mol. The summed E-state index contributed by atoms with van der Waals surface area (Å²) in [5.74, 6) is 1.43. The lowest BCUT2D eigenvalue weighted by molar-refractivity contribution is 0.00844. The molecule has 0 aliphatic heterocycles. The Hall–Kier alpha value is -0.580. The van der Waals surface area contributed by atoms with Crippen LogP contribution in [-0.2, 0) is 6.54 Å². The van der Waals surface area contributed by atoms with Gasteiger partial charge in [0.2, 0.25) is 0 Å². The molecule has 0 spiro atoms. The first kappa shape index (κ1) is 17.5. The van der Waals surface area contributed by atoms with Crippen molar-refractivity contribution in [2.75, 3.05) is 13.2 Å². The second-order valence-corrected chi connectivity index (χ2v) is 6.77. The first-order chi connectivity index (χ1) is 9.34. The maximum absolute atomic E-state index is 9.96. The number of hydrogen-bond acceptors (Lipinski definition) is 3. The Morgan fingerprint density at radius 2 is 2.10 bits per heavy atom. The van der Waals surface area contributed by atoms with E-state index in [1.165, 1.54) is 5.56 Å². The molecule has 114 valence electrons. The van der Waals surface area contributed by atoms with Crippen molar-refractivity contribution in [2.24, 2.45) is 5.92 Å². The van der Waals surface area contributed by atoms with Crippen LogP contribution >= 0.6 is 15.9 Å². The lowest BCUT2D eigenvalue weighted by Gasteiger charge is -2.21. The minimum Gasteiger partial charge on any atom is -0.491 e. The Bertz CT molecular complexity index is 419. The largest absolute Gasteiger partial charge is 0.491 e. The fraction of sp³-hybridized carbons (Fsp3) is 0.625. The van der Waals surface area contributed by atoms with Gasteiger partial charge in [-0.05, 0) is 49.6 Å². The van der Waals surface area contributed by atoms with E-state index in [9.17, 15) is 5.11 Å². The van der Waals surface area contributed by atoms with E-state index in [0.29, 0.717) is 18.9 Å². The summed E-state index contributed by atoms with van der Waals surface area (Å²) in [6.45, 7) is 10.2. The third-order valence-corrected chi connectivity index (χ3v) is 3.97. The number of hydrogen-bond donors (Lipinski definition) is 2. The molecule has 1 rings (SSSR count). The minimum absolute atomic E-state index is 0.310. The maximum atomic E-state index is 9.96. The zero-order chi connectivity index (χ0) is 15.2. The van der Waals surface area contributed by atoms with Crippen LogP contribution in [0.5, 0.6) is 5.75 Å². The summed E-state index contributed by atoms with van der Waals surface area (Å²) in [7, 11) is 0. The Labute approximate surface area is 130 Å². The summed E-state index contributed by atoms with van der Waals surface area (Å²) >= 11 is 3.56. The highest BCUT2D eigenvalue weighted by Crippen LogP contribution is 2.23. The topological polar surface area (TPSA) is 41.5 Å². The van der Waals surface area contributed by atoms with Gasteiger partial charge in [-0.25, -0.2) is 0 Å². The number of ether oxygens (including phenoxy) is 1. The highest BCUT2D eigenvalue weighted by Gasteiger charge is 2.18. The fourth-order valence-corrected chi connectivity index (χ4v) is 2.00. The number of nitrogens with one attached hydrogen (secondary N) is 1. The van der Waals surface area contributed by atoms with Crippen LogP contribution in [-0.4, -0.2) is 23.9 Å². The minimum atomic E-state index is -0.775. The lowest BCUT2D eigenvalue weighted by atomic mass is 10.1. The Morgan fingerprint density at radius 1 is 1.40 bits per heavy atom. The van der Waals surface area contributed by atoms with Crippen molar-refractivity contribution in [3.8, 4) is 5.75 Å². The summed E-state index contributed by atoms with van der Waals surface area (Å²) < 4.78 is 6.76. The van der Waals surface area contributed by atoms with Crippen LogP contribution in [0.15, 0.2) is 22.7 Å². The van der Waals surface area contributed by atoms with Crippen molar-refractivity contribution in [2.45, 2.75) is 46.3 Å². The molecule has 0 aliphatic rings. The van der Waals surface area contributed by atoms with E-state index in [1.54, 1.807) is 6.92 Å². The van der Waals surface area contributed by atoms with Gasteiger partial charge in [-0.15, -0.1) is 0 Å². The van der Waals surface area contributed by atoms with E-state index in [2.05, 4.69) is 35.1 Å². The van der Waals surface area contributed by atoms with Crippen LogP contribution in [0, 0.1) is 5.92 Å². The number of benzene rings is 1. The smallest absolute Gasteiger partial charge is 0.119 e. The van der Waals surface area contributed by atoms with Crippen LogP contribution in [0.25, 0.3) is 0 Å². The van der Waals surface area contributed by atoms with Crippen LogP contribution in [0.1, 0.15) is 39.7 Å². The normalized spacial score (nSPS) is 14.3. The Morgan fingerprint density at radius 3 is 2.70 bits per heavy atom. The molecule has 0 saturated heterocycles. The van der Waals surface area contributed by atoms with Crippen molar-refractivity contribution in [1.82, 2.24) is 5.32 Å². The first-order valence-electron chi connectivity index (χ1n) is 7.18. The van der Waals surface area contributed by atoms with Crippen molar-refractivity contribution < 1.29 is 9.84 Å². The van der Waals surface area contributed by atoms with Crippen LogP contribution < -0.4 is 10.1 Å². The van der Waals surface area contributed by atoms with Gasteiger partial charge >= 0.3 is 0 Å².